The minimum absolute atomic E-state index is 0.272. The van der Waals surface area contributed by atoms with Crippen LogP contribution in [0.4, 0.5) is 21.9 Å². The molecule has 3 N–H and O–H groups in total. The third kappa shape index (κ3) is 2.93. The van der Waals surface area contributed by atoms with Crippen LogP contribution in [0.25, 0.3) is 0 Å². The fourth-order valence-electron chi connectivity index (χ4n) is 1.74. The summed E-state index contributed by atoms with van der Waals surface area (Å²) in [5, 5.41) is 2.58. The standard InChI is InChI=1S/C15H15N3O/c1-2-17-15(19)18(13-6-4-3-5-7-13)14-10-8-12(16)9-11-14/h2-11H,1,16H2,(H,17,19). The Morgan fingerprint density at radius 3 is 2.21 bits per heavy atom. The molecule has 0 saturated heterocycles. The monoisotopic (exact) mass is 253 g/mol. The van der Waals surface area contributed by atoms with E-state index in [2.05, 4.69) is 11.9 Å². The van der Waals surface area contributed by atoms with Gasteiger partial charge in [-0.3, -0.25) is 4.90 Å². The summed E-state index contributed by atoms with van der Waals surface area (Å²) < 4.78 is 0. The average molecular weight is 253 g/mol. The third-order valence-corrected chi connectivity index (χ3v) is 2.59. The van der Waals surface area contributed by atoms with Crippen LogP contribution in [-0.2, 0) is 0 Å². The van der Waals surface area contributed by atoms with Gasteiger partial charge in [-0.15, -0.1) is 0 Å². The van der Waals surface area contributed by atoms with E-state index in [1.165, 1.54) is 6.20 Å². The van der Waals surface area contributed by atoms with Crippen molar-refractivity contribution in [3.63, 3.8) is 0 Å². The first-order valence-corrected chi connectivity index (χ1v) is 5.84. The van der Waals surface area contributed by atoms with Gasteiger partial charge in [-0.05, 0) is 42.6 Å². The maximum atomic E-state index is 12.1. The second kappa shape index (κ2) is 5.73. The van der Waals surface area contributed by atoms with Gasteiger partial charge in [0.2, 0.25) is 0 Å². The molecule has 2 aromatic rings. The van der Waals surface area contributed by atoms with Gasteiger partial charge in [-0.2, -0.15) is 0 Å². The summed E-state index contributed by atoms with van der Waals surface area (Å²) in [5.74, 6) is 0. The van der Waals surface area contributed by atoms with Crippen molar-refractivity contribution in [3.8, 4) is 0 Å². The van der Waals surface area contributed by atoms with Crippen molar-refractivity contribution in [2.45, 2.75) is 0 Å². The molecule has 2 aromatic carbocycles. The highest BCUT2D eigenvalue weighted by atomic mass is 16.2. The Bertz CT molecular complexity index is 564. The molecule has 0 fully saturated rings. The molecule has 4 heteroatoms. The number of benzene rings is 2. The van der Waals surface area contributed by atoms with Crippen molar-refractivity contribution in [3.05, 3.63) is 67.4 Å². The van der Waals surface area contributed by atoms with Crippen LogP contribution in [0.5, 0.6) is 0 Å². The number of nitrogens with zero attached hydrogens (tertiary/aromatic N) is 1. The summed E-state index contributed by atoms with van der Waals surface area (Å²) >= 11 is 0. The number of nitrogen functional groups attached to an aromatic ring is 1. The van der Waals surface area contributed by atoms with Crippen LogP contribution >= 0.6 is 0 Å². The van der Waals surface area contributed by atoms with Crippen LogP contribution in [0.2, 0.25) is 0 Å². The second-order valence-electron chi connectivity index (χ2n) is 3.92. The maximum Gasteiger partial charge on any atom is 0.330 e. The predicted octanol–water partition coefficient (Wildman–Crippen LogP) is 3.26. The zero-order valence-corrected chi connectivity index (χ0v) is 10.4. The molecule has 0 aromatic heterocycles. The number of carbonyl (C=O) groups excluding carboxylic acids is 1. The third-order valence-electron chi connectivity index (χ3n) is 2.59. The number of para-hydroxylation sites is 1. The summed E-state index contributed by atoms with van der Waals surface area (Å²) in [6, 6.07) is 16.2. The molecule has 0 saturated carbocycles. The molecule has 96 valence electrons. The number of amides is 2. The minimum Gasteiger partial charge on any atom is -0.399 e. The van der Waals surface area contributed by atoms with E-state index in [9.17, 15) is 4.79 Å². The van der Waals surface area contributed by atoms with Crippen molar-refractivity contribution in [2.24, 2.45) is 0 Å². The van der Waals surface area contributed by atoms with E-state index in [-0.39, 0.29) is 6.03 Å². The molecule has 0 aliphatic rings. The van der Waals surface area contributed by atoms with E-state index in [0.717, 1.165) is 11.4 Å². The summed E-state index contributed by atoms with van der Waals surface area (Å²) in [7, 11) is 0. The summed E-state index contributed by atoms with van der Waals surface area (Å²) in [5.41, 5.74) is 7.82. The Balaban J connectivity index is 2.42. The molecule has 19 heavy (non-hydrogen) atoms. The van der Waals surface area contributed by atoms with Gasteiger partial charge in [0.25, 0.3) is 0 Å². The van der Waals surface area contributed by atoms with Gasteiger partial charge >= 0.3 is 6.03 Å². The smallest absolute Gasteiger partial charge is 0.330 e. The first-order chi connectivity index (χ1) is 9.22. The number of anilines is 3. The Labute approximate surface area is 112 Å². The van der Waals surface area contributed by atoms with Crippen LogP contribution < -0.4 is 16.0 Å². The fourth-order valence-corrected chi connectivity index (χ4v) is 1.74. The molecule has 2 rings (SSSR count). The summed E-state index contributed by atoms with van der Waals surface area (Å²) in [6.45, 7) is 3.51. The highest BCUT2D eigenvalue weighted by molar-refractivity contribution is 5.99. The van der Waals surface area contributed by atoms with E-state index < -0.39 is 0 Å². The van der Waals surface area contributed by atoms with Crippen molar-refractivity contribution >= 4 is 23.1 Å². The lowest BCUT2D eigenvalue weighted by atomic mass is 10.2. The highest BCUT2D eigenvalue weighted by Gasteiger charge is 2.16. The van der Waals surface area contributed by atoms with Crippen molar-refractivity contribution < 1.29 is 4.79 Å². The maximum absolute atomic E-state index is 12.1. The molecular weight excluding hydrogens is 238 g/mol. The lowest BCUT2D eigenvalue weighted by Gasteiger charge is -2.22. The first kappa shape index (κ1) is 12.7. The van der Waals surface area contributed by atoms with Crippen molar-refractivity contribution in [1.82, 2.24) is 5.32 Å². The number of rotatable bonds is 3. The van der Waals surface area contributed by atoms with E-state index in [4.69, 9.17) is 5.73 Å². The molecule has 0 spiro atoms. The molecule has 2 amide bonds. The van der Waals surface area contributed by atoms with E-state index >= 15 is 0 Å². The molecule has 0 heterocycles. The van der Waals surface area contributed by atoms with E-state index in [1.54, 1.807) is 29.2 Å². The largest absolute Gasteiger partial charge is 0.399 e. The Morgan fingerprint density at radius 2 is 1.63 bits per heavy atom. The van der Waals surface area contributed by atoms with Crippen LogP contribution in [0, 0.1) is 0 Å². The lowest BCUT2D eigenvalue weighted by Crippen LogP contribution is -2.33. The number of carbonyl (C=O) groups is 1. The lowest BCUT2D eigenvalue weighted by molar-refractivity contribution is 0.251. The van der Waals surface area contributed by atoms with Gasteiger partial charge in [-0.1, -0.05) is 24.8 Å². The number of hydrogen-bond acceptors (Lipinski definition) is 2. The minimum atomic E-state index is -0.272. The molecule has 0 aliphatic heterocycles. The van der Waals surface area contributed by atoms with Gasteiger partial charge in [0.15, 0.2) is 0 Å². The van der Waals surface area contributed by atoms with Crippen molar-refractivity contribution in [1.29, 1.82) is 0 Å². The first-order valence-electron chi connectivity index (χ1n) is 5.84. The summed E-state index contributed by atoms with van der Waals surface area (Å²) in [4.78, 5) is 13.7. The zero-order chi connectivity index (χ0) is 13.7. The normalized spacial score (nSPS) is 9.68. The Kier molecular flexibility index (Phi) is 3.83. The molecule has 0 unspecified atom stereocenters. The predicted molar refractivity (Wildman–Crippen MR) is 78.2 cm³/mol. The molecule has 0 aliphatic carbocycles. The van der Waals surface area contributed by atoms with Crippen LogP contribution in [0.3, 0.4) is 0 Å². The van der Waals surface area contributed by atoms with E-state index in [0.29, 0.717) is 5.69 Å². The highest BCUT2D eigenvalue weighted by Crippen LogP contribution is 2.25. The molecule has 0 radical (unpaired) electrons. The van der Waals surface area contributed by atoms with E-state index in [1.807, 2.05) is 30.3 Å². The summed E-state index contributed by atoms with van der Waals surface area (Å²) in [6.07, 6.45) is 1.36. The van der Waals surface area contributed by atoms with Crippen LogP contribution in [0.1, 0.15) is 0 Å². The van der Waals surface area contributed by atoms with Crippen LogP contribution in [0.15, 0.2) is 67.4 Å². The van der Waals surface area contributed by atoms with Gasteiger partial charge in [-0.25, -0.2) is 4.79 Å². The number of hydrogen-bond donors (Lipinski definition) is 2. The number of nitrogens with one attached hydrogen (secondary N) is 1. The van der Waals surface area contributed by atoms with Gasteiger partial charge in [0.1, 0.15) is 0 Å². The second-order valence-corrected chi connectivity index (χ2v) is 3.92. The van der Waals surface area contributed by atoms with Gasteiger partial charge in [0, 0.05) is 5.69 Å². The SMILES string of the molecule is C=CNC(=O)N(c1ccccc1)c1ccc(N)cc1. The molecule has 0 bridgehead atoms. The van der Waals surface area contributed by atoms with Gasteiger partial charge < -0.3 is 11.1 Å². The quantitative estimate of drug-likeness (QED) is 0.825. The number of nitrogens with two attached hydrogens (primary N) is 1. The Morgan fingerprint density at radius 1 is 1.05 bits per heavy atom. The zero-order valence-electron chi connectivity index (χ0n) is 10.4. The molecule has 4 nitrogen and oxygen atoms in total. The number of urea groups is 1. The average Bonchev–Trinajstić information content (AvgIpc) is 2.43. The molecular formula is C15H15N3O. The van der Waals surface area contributed by atoms with Crippen LogP contribution in [-0.4, -0.2) is 6.03 Å². The topological polar surface area (TPSA) is 58.4 Å². The molecule has 0 atom stereocenters. The van der Waals surface area contributed by atoms with Gasteiger partial charge in [0.05, 0.1) is 11.4 Å². The Hall–Kier alpha value is -2.75. The fraction of sp³-hybridized carbons (Fsp3) is 0. The van der Waals surface area contributed by atoms with Crippen molar-refractivity contribution in [2.75, 3.05) is 10.6 Å².